The van der Waals surface area contributed by atoms with Gasteiger partial charge in [-0.15, -0.1) is 0 Å². The minimum atomic E-state index is -0.107. The molecule has 2 aliphatic rings. The summed E-state index contributed by atoms with van der Waals surface area (Å²) < 4.78 is 0. The Labute approximate surface area is 112 Å². The van der Waals surface area contributed by atoms with Gasteiger partial charge in [0, 0.05) is 17.5 Å². The average molecular weight is 259 g/mol. The quantitative estimate of drug-likeness (QED) is 0.727. The summed E-state index contributed by atoms with van der Waals surface area (Å²) in [5.41, 5.74) is 3.64. The number of nitrogens with zero attached hydrogens (tertiary/aromatic N) is 2. The van der Waals surface area contributed by atoms with Crippen molar-refractivity contribution in [2.75, 3.05) is 0 Å². The van der Waals surface area contributed by atoms with Gasteiger partial charge in [-0.1, -0.05) is 29.8 Å². The molecule has 92 valence electrons. The van der Waals surface area contributed by atoms with Gasteiger partial charge in [0.2, 0.25) is 0 Å². The number of hydrogen-bond donors (Lipinski definition) is 0. The molecule has 0 spiro atoms. The predicted octanol–water partition coefficient (Wildman–Crippen LogP) is 4.17. The van der Waals surface area contributed by atoms with Crippen LogP contribution in [0.1, 0.15) is 36.6 Å². The summed E-state index contributed by atoms with van der Waals surface area (Å²) in [6.07, 6.45) is 4.55. The lowest BCUT2D eigenvalue weighted by atomic mass is 10.0. The highest BCUT2D eigenvalue weighted by Crippen LogP contribution is 2.51. The first kappa shape index (κ1) is 11.7. The highest BCUT2D eigenvalue weighted by atomic mass is 35.5. The fourth-order valence-corrected chi connectivity index (χ4v) is 2.81. The Morgan fingerprint density at radius 3 is 2.50 bits per heavy atom. The van der Waals surface area contributed by atoms with Crippen molar-refractivity contribution < 1.29 is 0 Å². The Bertz CT molecular complexity index is 548. The van der Waals surface area contributed by atoms with Crippen LogP contribution in [0, 0.1) is 5.92 Å². The minimum Gasteiger partial charge on any atom is -0.260 e. The second-order valence-corrected chi connectivity index (χ2v) is 5.52. The zero-order valence-corrected chi connectivity index (χ0v) is 11.1. The lowest BCUT2D eigenvalue weighted by molar-refractivity contribution is 0.798. The van der Waals surface area contributed by atoms with Gasteiger partial charge in [-0.05, 0) is 48.4 Å². The maximum absolute atomic E-state index is 6.20. The topological polar surface area (TPSA) is 24.7 Å². The Kier molecular flexibility index (Phi) is 2.83. The molecule has 3 heteroatoms. The zero-order chi connectivity index (χ0) is 12.7. The monoisotopic (exact) mass is 258 g/mol. The van der Waals surface area contributed by atoms with Crippen LogP contribution >= 0.6 is 11.6 Å². The molecule has 1 aromatic carbocycles. The molecule has 1 fully saturated rings. The molecule has 0 N–H and O–H groups in total. The molecule has 18 heavy (non-hydrogen) atoms. The Morgan fingerprint density at radius 2 is 1.89 bits per heavy atom. The summed E-state index contributed by atoms with van der Waals surface area (Å²) in [6, 6.07) is 6.19. The van der Waals surface area contributed by atoms with Crippen molar-refractivity contribution in [3.63, 3.8) is 0 Å². The highest BCUT2D eigenvalue weighted by molar-refractivity contribution is 6.30. The van der Waals surface area contributed by atoms with Gasteiger partial charge in [0.15, 0.2) is 6.17 Å². The van der Waals surface area contributed by atoms with Crippen molar-refractivity contribution in [3.05, 3.63) is 46.5 Å². The first-order valence-electron chi connectivity index (χ1n) is 6.16. The number of benzene rings is 1. The van der Waals surface area contributed by atoms with E-state index in [1.807, 2.05) is 6.07 Å². The molecular formula is C15H15ClN2. The standard InChI is InChI=1S/C15H15ClN2/c1-9(2)13-8-14(13)10-5-11(7-12(16)6-10)15-17-3-4-18-15/h3-7,13-15H,1,8H2,2H3. The normalized spacial score (nSPS) is 25.7. The zero-order valence-electron chi connectivity index (χ0n) is 10.3. The van der Waals surface area contributed by atoms with E-state index >= 15 is 0 Å². The number of halogens is 1. The van der Waals surface area contributed by atoms with E-state index in [4.69, 9.17) is 11.6 Å². The third kappa shape index (κ3) is 2.13. The van der Waals surface area contributed by atoms with Crippen molar-refractivity contribution in [2.45, 2.75) is 25.4 Å². The molecule has 0 bridgehead atoms. The second-order valence-electron chi connectivity index (χ2n) is 5.08. The van der Waals surface area contributed by atoms with Gasteiger partial charge < -0.3 is 0 Å². The Balaban J connectivity index is 1.90. The molecule has 1 aromatic rings. The number of rotatable bonds is 3. The Morgan fingerprint density at radius 1 is 1.22 bits per heavy atom. The van der Waals surface area contributed by atoms with Crippen molar-refractivity contribution >= 4 is 24.0 Å². The Hall–Kier alpha value is -1.41. The van der Waals surface area contributed by atoms with Gasteiger partial charge in [0.05, 0.1) is 0 Å². The molecule has 0 saturated heterocycles. The van der Waals surface area contributed by atoms with E-state index < -0.39 is 0 Å². The summed E-state index contributed by atoms with van der Waals surface area (Å²) >= 11 is 6.20. The van der Waals surface area contributed by atoms with Gasteiger partial charge in [0.25, 0.3) is 0 Å². The van der Waals surface area contributed by atoms with Crippen LogP contribution in [0.2, 0.25) is 5.02 Å². The molecule has 1 heterocycles. The van der Waals surface area contributed by atoms with Crippen molar-refractivity contribution in [3.8, 4) is 0 Å². The minimum absolute atomic E-state index is 0.107. The molecule has 1 aliphatic heterocycles. The van der Waals surface area contributed by atoms with E-state index in [1.54, 1.807) is 12.4 Å². The molecule has 0 amide bonds. The molecule has 0 radical (unpaired) electrons. The fourth-order valence-electron chi connectivity index (χ4n) is 2.56. The lowest BCUT2D eigenvalue weighted by Gasteiger charge is -2.09. The van der Waals surface area contributed by atoms with Crippen molar-refractivity contribution in [1.82, 2.24) is 0 Å². The van der Waals surface area contributed by atoms with Crippen LogP contribution < -0.4 is 0 Å². The van der Waals surface area contributed by atoms with Crippen molar-refractivity contribution in [2.24, 2.45) is 15.9 Å². The smallest absolute Gasteiger partial charge is 0.165 e. The number of aliphatic imine (C=N–C) groups is 2. The first-order chi connectivity index (χ1) is 8.65. The van der Waals surface area contributed by atoms with Crippen LogP contribution in [0.15, 0.2) is 40.3 Å². The molecule has 1 saturated carbocycles. The maximum Gasteiger partial charge on any atom is 0.165 e. The van der Waals surface area contributed by atoms with E-state index in [1.165, 1.54) is 17.6 Å². The number of hydrogen-bond acceptors (Lipinski definition) is 2. The first-order valence-corrected chi connectivity index (χ1v) is 6.53. The van der Waals surface area contributed by atoms with Gasteiger partial charge >= 0.3 is 0 Å². The van der Waals surface area contributed by atoms with Gasteiger partial charge in [-0.2, -0.15) is 0 Å². The van der Waals surface area contributed by atoms with Gasteiger partial charge in [-0.25, -0.2) is 0 Å². The molecule has 2 unspecified atom stereocenters. The summed E-state index contributed by atoms with van der Waals surface area (Å²) in [5, 5.41) is 0.771. The van der Waals surface area contributed by atoms with E-state index in [0.29, 0.717) is 11.8 Å². The molecule has 2 atom stereocenters. The van der Waals surface area contributed by atoms with Crippen LogP contribution in [-0.2, 0) is 0 Å². The molecule has 0 aromatic heterocycles. The summed E-state index contributed by atoms with van der Waals surface area (Å²) in [5.74, 6) is 1.20. The third-order valence-corrected chi connectivity index (χ3v) is 3.83. The SMILES string of the molecule is C=C(C)C1CC1c1cc(Cl)cc(C2N=CC=N2)c1. The predicted molar refractivity (Wildman–Crippen MR) is 76.8 cm³/mol. The molecule has 3 rings (SSSR count). The molecular weight excluding hydrogens is 244 g/mol. The number of allylic oxidation sites excluding steroid dienone is 1. The van der Waals surface area contributed by atoms with E-state index in [9.17, 15) is 0 Å². The summed E-state index contributed by atoms with van der Waals surface area (Å²) in [6.45, 7) is 6.13. The molecule has 1 aliphatic carbocycles. The van der Waals surface area contributed by atoms with Crippen LogP contribution in [-0.4, -0.2) is 12.4 Å². The van der Waals surface area contributed by atoms with E-state index in [0.717, 1.165) is 10.6 Å². The van der Waals surface area contributed by atoms with E-state index in [-0.39, 0.29) is 6.17 Å². The van der Waals surface area contributed by atoms with Crippen LogP contribution in [0.4, 0.5) is 0 Å². The summed E-state index contributed by atoms with van der Waals surface area (Å²) in [4.78, 5) is 8.60. The van der Waals surface area contributed by atoms with Crippen LogP contribution in [0.5, 0.6) is 0 Å². The maximum atomic E-state index is 6.20. The van der Waals surface area contributed by atoms with E-state index in [2.05, 4.69) is 35.6 Å². The largest absolute Gasteiger partial charge is 0.260 e. The van der Waals surface area contributed by atoms with Gasteiger partial charge in [0.1, 0.15) is 0 Å². The summed E-state index contributed by atoms with van der Waals surface area (Å²) in [7, 11) is 0. The average Bonchev–Trinajstić information content (AvgIpc) is 2.95. The lowest BCUT2D eigenvalue weighted by Crippen LogP contribution is -1.93. The fraction of sp³-hybridized carbons (Fsp3) is 0.333. The van der Waals surface area contributed by atoms with Gasteiger partial charge in [-0.3, -0.25) is 9.98 Å². The second kappa shape index (κ2) is 4.36. The molecule has 2 nitrogen and oxygen atoms in total. The van der Waals surface area contributed by atoms with Crippen LogP contribution in [0.25, 0.3) is 0 Å². The third-order valence-electron chi connectivity index (χ3n) is 3.61. The highest BCUT2D eigenvalue weighted by Gasteiger charge is 2.39. The van der Waals surface area contributed by atoms with Crippen LogP contribution in [0.3, 0.4) is 0 Å². The van der Waals surface area contributed by atoms with Crippen molar-refractivity contribution in [1.29, 1.82) is 0 Å².